The minimum atomic E-state index is -0.418. The van der Waals surface area contributed by atoms with Gasteiger partial charge in [0.1, 0.15) is 4.88 Å². The van der Waals surface area contributed by atoms with Gasteiger partial charge in [-0.05, 0) is 33.8 Å². The summed E-state index contributed by atoms with van der Waals surface area (Å²) >= 11 is 1.34. The maximum atomic E-state index is 11.4. The molecule has 0 N–H and O–H groups in total. The smallest absolute Gasteiger partial charge is 0.465 e. The summed E-state index contributed by atoms with van der Waals surface area (Å²) in [6.45, 7) is 8.01. The topological polar surface area (TPSA) is 44.8 Å². The number of rotatable bonds is 2. The zero-order valence-electron chi connectivity index (χ0n) is 11.3. The van der Waals surface area contributed by atoms with Crippen LogP contribution < -0.4 is 4.78 Å². The summed E-state index contributed by atoms with van der Waals surface area (Å²) in [4.78, 5) is 12.0. The van der Waals surface area contributed by atoms with Gasteiger partial charge in [-0.2, -0.15) is 0 Å². The standard InChI is InChI=1S/C12H17BO4S/c1-11(2)12(3,4)17-13(16-11)9-7-6-8(18-9)10(14)15-5/h6-7H,1-5H3. The number of methoxy groups -OCH3 is 1. The first-order valence-corrected chi connectivity index (χ1v) is 6.62. The molecule has 1 aliphatic rings. The number of esters is 1. The van der Waals surface area contributed by atoms with E-state index in [1.54, 1.807) is 6.07 Å². The van der Waals surface area contributed by atoms with Crippen LogP contribution in [0.1, 0.15) is 37.4 Å². The molecule has 1 aliphatic heterocycles. The highest BCUT2D eigenvalue weighted by molar-refractivity contribution is 7.23. The van der Waals surface area contributed by atoms with Crippen molar-refractivity contribution >= 4 is 29.2 Å². The van der Waals surface area contributed by atoms with E-state index in [4.69, 9.17) is 9.31 Å². The van der Waals surface area contributed by atoms with E-state index in [2.05, 4.69) is 4.74 Å². The quantitative estimate of drug-likeness (QED) is 0.606. The molecular formula is C12H17BO4S. The highest BCUT2D eigenvalue weighted by Crippen LogP contribution is 2.36. The molecule has 0 radical (unpaired) electrons. The fraction of sp³-hybridized carbons (Fsp3) is 0.583. The summed E-state index contributed by atoms with van der Waals surface area (Å²) < 4.78 is 17.4. The lowest BCUT2D eigenvalue weighted by atomic mass is 9.88. The van der Waals surface area contributed by atoms with Gasteiger partial charge in [-0.25, -0.2) is 4.79 Å². The fourth-order valence-electron chi connectivity index (χ4n) is 1.65. The van der Waals surface area contributed by atoms with E-state index in [1.165, 1.54) is 18.4 Å². The zero-order valence-corrected chi connectivity index (χ0v) is 12.1. The Morgan fingerprint density at radius 2 is 1.78 bits per heavy atom. The third kappa shape index (κ3) is 2.20. The number of carbonyl (C=O) groups is 1. The predicted molar refractivity (Wildman–Crippen MR) is 71.4 cm³/mol. The van der Waals surface area contributed by atoms with Gasteiger partial charge in [0.15, 0.2) is 0 Å². The fourth-order valence-corrected chi connectivity index (χ4v) is 2.53. The van der Waals surface area contributed by atoms with Gasteiger partial charge in [0, 0.05) is 4.78 Å². The van der Waals surface area contributed by atoms with Gasteiger partial charge in [0.25, 0.3) is 0 Å². The van der Waals surface area contributed by atoms with E-state index in [1.807, 2.05) is 33.8 Å². The molecule has 0 spiro atoms. The average molecular weight is 268 g/mol. The Hall–Kier alpha value is -0.845. The lowest BCUT2D eigenvalue weighted by Crippen LogP contribution is -2.41. The van der Waals surface area contributed by atoms with Crippen molar-refractivity contribution in [2.24, 2.45) is 0 Å². The SMILES string of the molecule is COC(=O)c1ccc(B2OC(C)(C)C(C)(C)O2)s1. The van der Waals surface area contributed by atoms with Crippen LogP contribution in [0.15, 0.2) is 12.1 Å². The Morgan fingerprint density at radius 1 is 1.22 bits per heavy atom. The molecule has 1 fully saturated rings. The zero-order chi connectivity index (χ0) is 13.6. The van der Waals surface area contributed by atoms with E-state index < -0.39 is 7.12 Å². The number of hydrogen-bond donors (Lipinski definition) is 0. The van der Waals surface area contributed by atoms with Crippen LogP contribution in [0, 0.1) is 0 Å². The predicted octanol–water partition coefficient (Wildman–Crippen LogP) is 1.83. The molecule has 1 aromatic heterocycles. The highest BCUT2D eigenvalue weighted by atomic mass is 32.1. The maximum absolute atomic E-state index is 11.4. The van der Waals surface area contributed by atoms with Crippen molar-refractivity contribution in [3.05, 3.63) is 17.0 Å². The van der Waals surface area contributed by atoms with E-state index in [9.17, 15) is 4.79 Å². The lowest BCUT2D eigenvalue weighted by Gasteiger charge is -2.32. The van der Waals surface area contributed by atoms with Crippen molar-refractivity contribution in [3.63, 3.8) is 0 Å². The summed E-state index contributed by atoms with van der Waals surface area (Å²) in [6, 6.07) is 3.58. The molecule has 0 aliphatic carbocycles. The first kappa shape index (κ1) is 13.6. The van der Waals surface area contributed by atoms with Gasteiger partial charge in [0.2, 0.25) is 0 Å². The molecule has 0 bridgehead atoms. The number of thiophene rings is 1. The molecule has 4 nitrogen and oxygen atoms in total. The number of hydrogen-bond acceptors (Lipinski definition) is 5. The summed E-state index contributed by atoms with van der Waals surface area (Å²) in [5.41, 5.74) is -0.736. The third-order valence-electron chi connectivity index (χ3n) is 3.50. The Morgan fingerprint density at radius 3 is 2.28 bits per heavy atom. The Labute approximate surface area is 111 Å². The van der Waals surface area contributed by atoms with Crippen LogP contribution in [-0.2, 0) is 14.0 Å². The molecule has 98 valence electrons. The Bertz CT molecular complexity index is 450. The first-order chi connectivity index (χ1) is 8.27. The van der Waals surface area contributed by atoms with Crippen molar-refractivity contribution in [2.45, 2.75) is 38.9 Å². The molecule has 2 rings (SSSR count). The molecule has 18 heavy (non-hydrogen) atoms. The Kier molecular flexibility index (Phi) is 3.29. The van der Waals surface area contributed by atoms with Crippen LogP contribution >= 0.6 is 11.3 Å². The molecule has 0 aromatic carbocycles. The molecule has 2 heterocycles. The van der Waals surface area contributed by atoms with Crippen LogP contribution in [0.3, 0.4) is 0 Å². The lowest BCUT2D eigenvalue weighted by molar-refractivity contribution is 0.00578. The van der Waals surface area contributed by atoms with Gasteiger partial charge < -0.3 is 14.0 Å². The molecule has 0 saturated carbocycles. The van der Waals surface area contributed by atoms with Gasteiger partial charge >= 0.3 is 13.1 Å². The van der Waals surface area contributed by atoms with Crippen LogP contribution in [0.2, 0.25) is 0 Å². The van der Waals surface area contributed by atoms with Crippen LogP contribution in [-0.4, -0.2) is 31.4 Å². The van der Waals surface area contributed by atoms with Crippen molar-refractivity contribution in [1.29, 1.82) is 0 Å². The molecule has 0 amide bonds. The molecule has 0 unspecified atom stereocenters. The van der Waals surface area contributed by atoms with Crippen molar-refractivity contribution in [2.75, 3.05) is 7.11 Å². The second kappa shape index (κ2) is 4.37. The second-order valence-electron chi connectivity index (χ2n) is 5.28. The van der Waals surface area contributed by atoms with E-state index >= 15 is 0 Å². The maximum Gasteiger partial charge on any atom is 0.505 e. The summed E-state index contributed by atoms with van der Waals surface area (Å²) in [7, 11) is 0.953. The third-order valence-corrected chi connectivity index (χ3v) is 4.59. The number of carbonyl (C=O) groups excluding carboxylic acids is 1. The Balaban J connectivity index is 2.20. The molecule has 1 saturated heterocycles. The van der Waals surface area contributed by atoms with Gasteiger partial charge in [0.05, 0.1) is 18.3 Å². The molecule has 0 atom stereocenters. The van der Waals surface area contributed by atoms with Crippen molar-refractivity contribution in [3.8, 4) is 0 Å². The minimum Gasteiger partial charge on any atom is -0.465 e. The van der Waals surface area contributed by atoms with Gasteiger partial charge in [-0.1, -0.05) is 6.07 Å². The second-order valence-corrected chi connectivity index (χ2v) is 6.40. The summed E-state index contributed by atoms with van der Waals surface area (Å²) in [5, 5.41) is 0. The minimum absolute atomic E-state index is 0.331. The molecular weight excluding hydrogens is 251 g/mol. The van der Waals surface area contributed by atoms with E-state index in [0.717, 1.165) is 4.78 Å². The molecule has 1 aromatic rings. The monoisotopic (exact) mass is 268 g/mol. The molecule has 6 heteroatoms. The first-order valence-electron chi connectivity index (χ1n) is 5.80. The van der Waals surface area contributed by atoms with Crippen LogP contribution in [0.25, 0.3) is 0 Å². The summed E-state index contributed by atoms with van der Waals surface area (Å²) in [5.74, 6) is -0.331. The van der Waals surface area contributed by atoms with Crippen molar-refractivity contribution in [1.82, 2.24) is 0 Å². The van der Waals surface area contributed by atoms with E-state index in [0.29, 0.717) is 4.88 Å². The van der Waals surface area contributed by atoms with Crippen LogP contribution in [0.4, 0.5) is 0 Å². The van der Waals surface area contributed by atoms with Gasteiger partial charge in [-0.3, -0.25) is 0 Å². The average Bonchev–Trinajstić information content (AvgIpc) is 2.82. The summed E-state index contributed by atoms with van der Waals surface area (Å²) in [6.07, 6.45) is 0. The highest BCUT2D eigenvalue weighted by Gasteiger charge is 2.52. The van der Waals surface area contributed by atoms with Crippen LogP contribution in [0.5, 0.6) is 0 Å². The van der Waals surface area contributed by atoms with E-state index in [-0.39, 0.29) is 17.2 Å². The normalized spacial score (nSPS) is 21.1. The largest absolute Gasteiger partial charge is 0.505 e. The van der Waals surface area contributed by atoms with Crippen molar-refractivity contribution < 1.29 is 18.8 Å². The number of ether oxygens (including phenoxy) is 1. The van der Waals surface area contributed by atoms with Gasteiger partial charge in [-0.15, -0.1) is 11.3 Å².